The number of nitrogens with zero attached hydrogens (tertiary/aromatic N) is 2. The van der Waals surface area contributed by atoms with Crippen LogP contribution in [0.5, 0.6) is 0 Å². The Labute approximate surface area is 130 Å². The number of benzene rings is 1. The van der Waals surface area contributed by atoms with Gasteiger partial charge in [0.25, 0.3) is 10.0 Å². The zero-order valence-corrected chi connectivity index (χ0v) is 13.7. The molecule has 120 valence electrons. The Hall–Kier alpha value is -1.86. The van der Waals surface area contributed by atoms with Crippen LogP contribution in [-0.2, 0) is 10.0 Å². The van der Waals surface area contributed by atoms with Gasteiger partial charge in [-0.05, 0) is 32.4 Å². The minimum absolute atomic E-state index is 0.0209. The van der Waals surface area contributed by atoms with Gasteiger partial charge in [0.2, 0.25) is 0 Å². The van der Waals surface area contributed by atoms with E-state index in [0.29, 0.717) is 17.8 Å². The SMILES string of the molecule is CCC(O)CN(c1ccccc1)S(=O)(=O)c1c(C)noc1C. The molecule has 2 rings (SSSR count). The van der Waals surface area contributed by atoms with Crippen molar-refractivity contribution >= 4 is 15.7 Å². The monoisotopic (exact) mass is 324 g/mol. The molecule has 0 fully saturated rings. The Bertz CT molecular complexity index is 706. The van der Waals surface area contributed by atoms with Crippen LogP contribution >= 0.6 is 0 Å². The summed E-state index contributed by atoms with van der Waals surface area (Å²) in [6.07, 6.45) is -0.295. The summed E-state index contributed by atoms with van der Waals surface area (Å²) in [6, 6.07) is 8.70. The van der Waals surface area contributed by atoms with Crippen molar-refractivity contribution in [3.63, 3.8) is 0 Å². The minimum atomic E-state index is -3.86. The molecular weight excluding hydrogens is 304 g/mol. The molecule has 0 saturated carbocycles. The molecule has 0 radical (unpaired) electrons. The van der Waals surface area contributed by atoms with Gasteiger partial charge >= 0.3 is 0 Å². The summed E-state index contributed by atoms with van der Waals surface area (Å²) in [5.74, 6) is 0.240. The highest BCUT2D eigenvalue weighted by Gasteiger charge is 2.32. The van der Waals surface area contributed by atoms with Crippen molar-refractivity contribution in [2.45, 2.75) is 38.2 Å². The van der Waals surface area contributed by atoms with Gasteiger partial charge in [0.05, 0.1) is 18.3 Å². The molecule has 0 aliphatic rings. The van der Waals surface area contributed by atoms with E-state index in [1.165, 1.54) is 4.31 Å². The minimum Gasteiger partial charge on any atom is -0.391 e. The van der Waals surface area contributed by atoms with E-state index in [-0.39, 0.29) is 17.2 Å². The van der Waals surface area contributed by atoms with Crippen molar-refractivity contribution in [2.75, 3.05) is 10.8 Å². The summed E-state index contributed by atoms with van der Waals surface area (Å²) in [7, 11) is -3.86. The van der Waals surface area contributed by atoms with Gasteiger partial charge in [-0.25, -0.2) is 8.42 Å². The topological polar surface area (TPSA) is 83.6 Å². The van der Waals surface area contributed by atoms with Crippen LogP contribution in [0.4, 0.5) is 5.69 Å². The number of sulfonamides is 1. The van der Waals surface area contributed by atoms with E-state index in [1.807, 2.05) is 0 Å². The van der Waals surface area contributed by atoms with Crippen molar-refractivity contribution in [3.8, 4) is 0 Å². The molecule has 0 saturated heterocycles. The van der Waals surface area contributed by atoms with E-state index in [1.54, 1.807) is 51.1 Å². The molecular formula is C15H20N2O4S. The molecule has 7 heteroatoms. The average Bonchev–Trinajstić information content (AvgIpc) is 2.84. The number of aliphatic hydroxyl groups is 1. The van der Waals surface area contributed by atoms with Gasteiger partial charge in [0.15, 0.2) is 10.7 Å². The number of para-hydroxylation sites is 1. The maximum atomic E-state index is 13.0. The van der Waals surface area contributed by atoms with E-state index in [0.717, 1.165) is 0 Å². The molecule has 1 unspecified atom stereocenters. The van der Waals surface area contributed by atoms with Crippen LogP contribution < -0.4 is 4.31 Å². The lowest BCUT2D eigenvalue weighted by atomic mass is 10.2. The lowest BCUT2D eigenvalue weighted by Gasteiger charge is -2.26. The number of aromatic nitrogens is 1. The number of aryl methyl sites for hydroxylation is 2. The van der Waals surface area contributed by atoms with E-state index < -0.39 is 16.1 Å². The second-order valence-electron chi connectivity index (χ2n) is 5.09. The normalized spacial score (nSPS) is 13.1. The third kappa shape index (κ3) is 3.15. The Balaban J connectivity index is 2.53. The first kappa shape index (κ1) is 16.5. The van der Waals surface area contributed by atoms with E-state index in [9.17, 15) is 13.5 Å². The summed E-state index contributed by atoms with van der Waals surface area (Å²) in [4.78, 5) is 0.0552. The lowest BCUT2D eigenvalue weighted by Crippen LogP contribution is -2.37. The summed E-state index contributed by atoms with van der Waals surface area (Å²) in [5, 5.41) is 13.7. The fourth-order valence-corrected chi connectivity index (χ4v) is 4.01. The van der Waals surface area contributed by atoms with Gasteiger partial charge in [-0.2, -0.15) is 0 Å². The zero-order valence-electron chi connectivity index (χ0n) is 12.9. The standard InChI is InChI=1S/C15H20N2O4S/c1-4-14(18)10-17(13-8-6-5-7-9-13)22(19,20)15-11(2)16-21-12(15)3/h5-9,14,18H,4,10H2,1-3H3. The largest absolute Gasteiger partial charge is 0.391 e. The van der Waals surface area contributed by atoms with Crippen LogP contribution in [0.2, 0.25) is 0 Å². The second kappa shape index (κ2) is 6.50. The van der Waals surface area contributed by atoms with E-state index >= 15 is 0 Å². The second-order valence-corrected chi connectivity index (χ2v) is 6.89. The molecule has 22 heavy (non-hydrogen) atoms. The smallest absolute Gasteiger partial charge is 0.269 e. The van der Waals surface area contributed by atoms with Crippen molar-refractivity contribution in [2.24, 2.45) is 0 Å². The molecule has 6 nitrogen and oxygen atoms in total. The fourth-order valence-electron chi connectivity index (χ4n) is 2.21. The highest BCUT2D eigenvalue weighted by molar-refractivity contribution is 7.93. The molecule has 2 aromatic rings. The van der Waals surface area contributed by atoms with E-state index in [4.69, 9.17) is 4.52 Å². The fraction of sp³-hybridized carbons (Fsp3) is 0.400. The number of anilines is 1. The summed E-state index contributed by atoms with van der Waals surface area (Å²) in [5.41, 5.74) is 0.805. The van der Waals surface area contributed by atoms with Crippen LogP contribution in [0.25, 0.3) is 0 Å². The Morgan fingerprint density at radius 3 is 2.41 bits per heavy atom. The van der Waals surface area contributed by atoms with Crippen LogP contribution in [0.15, 0.2) is 39.8 Å². The number of aliphatic hydroxyl groups excluding tert-OH is 1. The maximum Gasteiger partial charge on any atom is 0.269 e. The highest BCUT2D eigenvalue weighted by Crippen LogP contribution is 2.28. The van der Waals surface area contributed by atoms with Crippen LogP contribution in [0.3, 0.4) is 0 Å². The van der Waals surface area contributed by atoms with Crippen molar-refractivity contribution in [1.82, 2.24) is 5.16 Å². The molecule has 0 aliphatic carbocycles. The van der Waals surface area contributed by atoms with Crippen molar-refractivity contribution in [1.29, 1.82) is 0 Å². The van der Waals surface area contributed by atoms with E-state index in [2.05, 4.69) is 5.16 Å². The lowest BCUT2D eigenvalue weighted by molar-refractivity contribution is 0.179. The highest BCUT2D eigenvalue weighted by atomic mass is 32.2. The predicted molar refractivity (Wildman–Crippen MR) is 83.2 cm³/mol. The van der Waals surface area contributed by atoms with Gasteiger partial charge in [0.1, 0.15) is 5.69 Å². The quantitative estimate of drug-likeness (QED) is 0.881. The molecule has 1 atom stereocenters. The van der Waals surface area contributed by atoms with Gasteiger partial charge in [-0.15, -0.1) is 0 Å². The molecule has 0 amide bonds. The maximum absolute atomic E-state index is 13.0. The molecule has 1 N–H and O–H groups in total. The number of rotatable bonds is 6. The van der Waals surface area contributed by atoms with Gasteiger partial charge < -0.3 is 9.63 Å². The van der Waals surface area contributed by atoms with Crippen molar-refractivity contribution in [3.05, 3.63) is 41.8 Å². The molecule has 1 heterocycles. The first-order valence-corrected chi connectivity index (χ1v) is 8.50. The molecule has 1 aromatic heterocycles. The third-order valence-electron chi connectivity index (χ3n) is 3.41. The van der Waals surface area contributed by atoms with Crippen LogP contribution in [-0.4, -0.2) is 31.3 Å². The average molecular weight is 324 g/mol. The summed E-state index contributed by atoms with van der Waals surface area (Å²) >= 11 is 0. The Morgan fingerprint density at radius 1 is 1.27 bits per heavy atom. The number of hydrogen-bond donors (Lipinski definition) is 1. The molecule has 0 spiro atoms. The number of hydrogen-bond acceptors (Lipinski definition) is 5. The zero-order chi connectivity index (χ0) is 16.3. The van der Waals surface area contributed by atoms with Gasteiger partial charge in [0, 0.05) is 0 Å². The molecule has 1 aromatic carbocycles. The van der Waals surface area contributed by atoms with Gasteiger partial charge in [-0.1, -0.05) is 30.3 Å². The van der Waals surface area contributed by atoms with Crippen molar-refractivity contribution < 1.29 is 18.0 Å². The Kier molecular flexibility index (Phi) is 4.87. The Morgan fingerprint density at radius 2 is 1.91 bits per heavy atom. The van der Waals surface area contributed by atoms with Gasteiger partial charge in [-0.3, -0.25) is 4.31 Å². The molecule has 0 bridgehead atoms. The summed E-state index contributed by atoms with van der Waals surface area (Å²) < 4.78 is 32.2. The molecule has 0 aliphatic heterocycles. The first-order valence-electron chi connectivity index (χ1n) is 7.06. The third-order valence-corrected chi connectivity index (χ3v) is 5.45. The van der Waals surface area contributed by atoms with Crippen LogP contribution in [0.1, 0.15) is 24.8 Å². The first-order chi connectivity index (χ1) is 10.4. The van der Waals surface area contributed by atoms with Crippen LogP contribution in [0, 0.1) is 13.8 Å². The predicted octanol–water partition coefficient (Wildman–Crippen LogP) is 2.26. The summed E-state index contributed by atoms with van der Waals surface area (Å²) in [6.45, 7) is 4.93.